The van der Waals surface area contributed by atoms with Crippen molar-refractivity contribution in [2.45, 2.75) is 20.4 Å². The van der Waals surface area contributed by atoms with E-state index < -0.39 is 0 Å². The number of carbonyl (C=O) groups is 1. The zero-order valence-electron chi connectivity index (χ0n) is 13.6. The second-order valence-electron chi connectivity index (χ2n) is 6.32. The molecular weight excluding hydrogens is 292 g/mol. The number of rotatable bonds is 5. The fraction of sp³-hybridized carbons (Fsp3) is 0.471. The van der Waals surface area contributed by atoms with Crippen LogP contribution >= 0.6 is 0 Å². The minimum absolute atomic E-state index is 0.174. The minimum Gasteiger partial charge on any atom is -0.340 e. The zero-order chi connectivity index (χ0) is 16.2. The highest BCUT2D eigenvalue weighted by Crippen LogP contribution is 2.16. The molecule has 1 aliphatic rings. The van der Waals surface area contributed by atoms with Gasteiger partial charge in [0.25, 0.3) is 0 Å². The lowest BCUT2D eigenvalue weighted by atomic mass is 10.2. The van der Waals surface area contributed by atoms with Crippen LogP contribution in [0.4, 0.5) is 0 Å². The van der Waals surface area contributed by atoms with E-state index >= 15 is 0 Å². The molecule has 0 spiro atoms. The van der Waals surface area contributed by atoms with Crippen LogP contribution in [0.5, 0.6) is 0 Å². The topological polar surface area (TPSA) is 62.5 Å². The molecule has 1 aromatic carbocycles. The first-order valence-electron chi connectivity index (χ1n) is 8.00. The molecule has 0 saturated carbocycles. The standard InChI is InChI=1S/C17H22N4O2/c1-13(2)10-21-9-8-20(12-16(21)22)11-15-18-17(19-23-15)14-6-4-3-5-7-14/h3-7,13H,8-12H2,1-2H3. The summed E-state index contributed by atoms with van der Waals surface area (Å²) in [7, 11) is 0. The number of carbonyl (C=O) groups excluding carboxylic acids is 1. The number of nitrogens with zero attached hydrogens (tertiary/aromatic N) is 4. The van der Waals surface area contributed by atoms with Crippen LogP contribution in [0.1, 0.15) is 19.7 Å². The molecule has 23 heavy (non-hydrogen) atoms. The van der Waals surface area contributed by atoms with E-state index in [-0.39, 0.29) is 5.91 Å². The lowest BCUT2D eigenvalue weighted by molar-refractivity contribution is -0.136. The zero-order valence-corrected chi connectivity index (χ0v) is 13.6. The Morgan fingerprint density at radius 3 is 2.70 bits per heavy atom. The second-order valence-corrected chi connectivity index (χ2v) is 6.32. The van der Waals surface area contributed by atoms with Crippen molar-refractivity contribution in [2.24, 2.45) is 5.92 Å². The van der Waals surface area contributed by atoms with Crippen LogP contribution in [0.15, 0.2) is 34.9 Å². The predicted octanol–water partition coefficient (Wildman–Crippen LogP) is 2.04. The first-order valence-corrected chi connectivity index (χ1v) is 8.00. The summed E-state index contributed by atoms with van der Waals surface area (Å²) in [5, 5.41) is 4.02. The molecular formula is C17H22N4O2. The molecule has 6 heteroatoms. The van der Waals surface area contributed by atoms with Gasteiger partial charge in [-0.05, 0) is 5.92 Å². The van der Waals surface area contributed by atoms with Gasteiger partial charge in [-0.2, -0.15) is 4.98 Å². The molecule has 3 rings (SSSR count). The second kappa shape index (κ2) is 6.91. The third-order valence-electron chi connectivity index (χ3n) is 3.84. The summed E-state index contributed by atoms with van der Waals surface area (Å²) in [5.41, 5.74) is 0.931. The average Bonchev–Trinajstić information content (AvgIpc) is 2.99. The molecule has 0 N–H and O–H groups in total. The van der Waals surface area contributed by atoms with Gasteiger partial charge in [-0.15, -0.1) is 0 Å². The Labute approximate surface area is 136 Å². The van der Waals surface area contributed by atoms with Crippen molar-refractivity contribution >= 4 is 5.91 Å². The number of aromatic nitrogens is 2. The number of hydrogen-bond donors (Lipinski definition) is 0. The maximum Gasteiger partial charge on any atom is 0.241 e. The van der Waals surface area contributed by atoms with Crippen LogP contribution < -0.4 is 0 Å². The first kappa shape index (κ1) is 15.7. The molecule has 1 fully saturated rings. The van der Waals surface area contributed by atoms with E-state index in [1.54, 1.807) is 0 Å². The molecule has 0 radical (unpaired) electrons. The van der Waals surface area contributed by atoms with E-state index in [0.717, 1.165) is 25.2 Å². The van der Waals surface area contributed by atoms with Gasteiger partial charge >= 0.3 is 0 Å². The summed E-state index contributed by atoms with van der Waals surface area (Å²) >= 11 is 0. The van der Waals surface area contributed by atoms with E-state index in [4.69, 9.17) is 4.52 Å². The molecule has 0 bridgehead atoms. The highest BCUT2D eigenvalue weighted by Gasteiger charge is 2.25. The summed E-state index contributed by atoms with van der Waals surface area (Å²) in [5.74, 6) is 1.81. The Balaban J connectivity index is 1.59. The molecule has 0 unspecified atom stereocenters. The molecule has 0 aliphatic carbocycles. The van der Waals surface area contributed by atoms with Gasteiger partial charge in [-0.1, -0.05) is 49.3 Å². The number of amides is 1. The van der Waals surface area contributed by atoms with Gasteiger partial charge in [-0.3, -0.25) is 9.69 Å². The fourth-order valence-electron chi connectivity index (χ4n) is 2.74. The molecule has 6 nitrogen and oxygen atoms in total. The van der Waals surface area contributed by atoms with Crippen LogP contribution in [-0.4, -0.2) is 52.0 Å². The van der Waals surface area contributed by atoms with E-state index in [1.807, 2.05) is 35.2 Å². The van der Waals surface area contributed by atoms with Crippen molar-refractivity contribution in [3.8, 4) is 11.4 Å². The monoisotopic (exact) mass is 314 g/mol. The molecule has 1 saturated heterocycles. The molecule has 2 heterocycles. The number of benzene rings is 1. The van der Waals surface area contributed by atoms with Crippen molar-refractivity contribution in [2.75, 3.05) is 26.2 Å². The van der Waals surface area contributed by atoms with E-state index in [0.29, 0.717) is 30.7 Å². The van der Waals surface area contributed by atoms with E-state index in [1.165, 1.54) is 0 Å². The normalized spacial score (nSPS) is 16.3. The van der Waals surface area contributed by atoms with Gasteiger partial charge in [0.15, 0.2) is 0 Å². The van der Waals surface area contributed by atoms with Crippen molar-refractivity contribution < 1.29 is 9.32 Å². The fourth-order valence-corrected chi connectivity index (χ4v) is 2.74. The van der Waals surface area contributed by atoms with Gasteiger partial charge in [0.1, 0.15) is 0 Å². The smallest absolute Gasteiger partial charge is 0.241 e. The van der Waals surface area contributed by atoms with Crippen molar-refractivity contribution in [1.82, 2.24) is 19.9 Å². The SMILES string of the molecule is CC(C)CN1CCN(Cc2nc(-c3ccccc3)no2)CC1=O. The maximum atomic E-state index is 12.2. The summed E-state index contributed by atoms with van der Waals surface area (Å²) in [6.45, 7) is 7.60. The molecule has 1 aliphatic heterocycles. The van der Waals surface area contributed by atoms with Crippen LogP contribution in [0.3, 0.4) is 0 Å². The minimum atomic E-state index is 0.174. The van der Waals surface area contributed by atoms with Crippen LogP contribution in [0.25, 0.3) is 11.4 Å². The van der Waals surface area contributed by atoms with Crippen LogP contribution in [0, 0.1) is 5.92 Å². The van der Waals surface area contributed by atoms with Gasteiger partial charge < -0.3 is 9.42 Å². The average molecular weight is 314 g/mol. The molecule has 2 aromatic rings. The van der Waals surface area contributed by atoms with Gasteiger partial charge in [0, 0.05) is 25.2 Å². The van der Waals surface area contributed by atoms with Crippen molar-refractivity contribution in [1.29, 1.82) is 0 Å². The van der Waals surface area contributed by atoms with E-state index in [9.17, 15) is 4.79 Å². The summed E-state index contributed by atoms with van der Waals surface area (Å²) < 4.78 is 5.32. The molecule has 0 atom stereocenters. The predicted molar refractivity (Wildman–Crippen MR) is 86.4 cm³/mol. The summed E-state index contributed by atoms with van der Waals surface area (Å²) in [4.78, 5) is 20.6. The third-order valence-corrected chi connectivity index (χ3v) is 3.84. The van der Waals surface area contributed by atoms with Gasteiger partial charge in [-0.25, -0.2) is 0 Å². The van der Waals surface area contributed by atoms with Crippen LogP contribution in [0.2, 0.25) is 0 Å². The molecule has 1 aromatic heterocycles. The summed E-state index contributed by atoms with van der Waals surface area (Å²) in [6, 6.07) is 9.73. The maximum absolute atomic E-state index is 12.2. The highest BCUT2D eigenvalue weighted by atomic mass is 16.5. The lowest BCUT2D eigenvalue weighted by Gasteiger charge is -2.34. The quantitative estimate of drug-likeness (QED) is 0.845. The Morgan fingerprint density at radius 2 is 2.00 bits per heavy atom. The van der Waals surface area contributed by atoms with Crippen molar-refractivity contribution in [3.63, 3.8) is 0 Å². The largest absolute Gasteiger partial charge is 0.340 e. The van der Waals surface area contributed by atoms with Gasteiger partial charge in [0.2, 0.25) is 17.6 Å². The number of hydrogen-bond acceptors (Lipinski definition) is 5. The van der Waals surface area contributed by atoms with Crippen LogP contribution in [-0.2, 0) is 11.3 Å². The lowest BCUT2D eigenvalue weighted by Crippen LogP contribution is -2.50. The Morgan fingerprint density at radius 1 is 1.22 bits per heavy atom. The summed E-state index contributed by atoms with van der Waals surface area (Å²) in [6.07, 6.45) is 0. The molecule has 122 valence electrons. The number of piperazine rings is 1. The first-order chi connectivity index (χ1) is 11.1. The van der Waals surface area contributed by atoms with Crippen molar-refractivity contribution in [3.05, 3.63) is 36.2 Å². The Kier molecular flexibility index (Phi) is 4.71. The Bertz CT molecular complexity index is 654. The third kappa shape index (κ3) is 3.96. The molecule has 1 amide bonds. The van der Waals surface area contributed by atoms with E-state index in [2.05, 4.69) is 28.9 Å². The van der Waals surface area contributed by atoms with Gasteiger partial charge in [0.05, 0.1) is 13.1 Å². The highest BCUT2D eigenvalue weighted by molar-refractivity contribution is 5.79. The Hall–Kier alpha value is -2.21.